The fourth-order valence-corrected chi connectivity index (χ4v) is 2.92. The number of carbonyl (C=O) groups excluding carboxylic acids is 2. The quantitative estimate of drug-likeness (QED) is 0.842. The van der Waals surface area contributed by atoms with Gasteiger partial charge in [-0.25, -0.2) is 9.59 Å². The predicted octanol–water partition coefficient (Wildman–Crippen LogP) is 1.17. The molecule has 0 spiro atoms. The molecule has 2 aliphatic heterocycles. The number of benzene rings is 1. The number of carboxylic acid groups (broad SMARTS) is 1. The van der Waals surface area contributed by atoms with Gasteiger partial charge in [-0.15, -0.1) is 0 Å². The minimum absolute atomic E-state index is 0.00881. The van der Waals surface area contributed by atoms with E-state index in [0.29, 0.717) is 0 Å². The number of carboxylic acids is 1. The average molecular weight is 305 g/mol. The molecule has 3 atom stereocenters. The van der Waals surface area contributed by atoms with Crippen molar-refractivity contribution in [3.05, 3.63) is 35.9 Å². The number of likely N-dealkylation sites (tertiary alicyclic amines) is 1. The monoisotopic (exact) mass is 305 g/mol. The van der Waals surface area contributed by atoms with Crippen LogP contribution in [0.3, 0.4) is 0 Å². The third-order valence-electron chi connectivity index (χ3n) is 3.94. The summed E-state index contributed by atoms with van der Waals surface area (Å²) in [6, 6.07) is 7.51. The van der Waals surface area contributed by atoms with Gasteiger partial charge >= 0.3 is 18.0 Å². The van der Waals surface area contributed by atoms with Gasteiger partial charge in [0.15, 0.2) is 0 Å². The fraction of sp³-hybridized carbons (Fsp3) is 0.400. The zero-order chi connectivity index (χ0) is 15.7. The molecule has 7 heteroatoms. The molecule has 0 unspecified atom stereocenters. The van der Waals surface area contributed by atoms with Crippen molar-refractivity contribution in [1.82, 2.24) is 4.90 Å². The molecule has 0 radical (unpaired) electrons. The summed E-state index contributed by atoms with van der Waals surface area (Å²) in [7, 11) is 0. The zero-order valence-corrected chi connectivity index (χ0v) is 11.7. The van der Waals surface area contributed by atoms with E-state index < -0.39 is 36.2 Å². The SMILES string of the molecule is O=C1C[C@@H]2[C@@H](C[C@@H](C(=O)O)N2C(=O)OCc2ccccc2)O1. The number of fused-ring (bicyclic) bond motifs is 1. The minimum Gasteiger partial charge on any atom is -0.480 e. The highest BCUT2D eigenvalue weighted by Crippen LogP contribution is 2.35. The summed E-state index contributed by atoms with van der Waals surface area (Å²) in [5, 5.41) is 9.25. The molecule has 1 aromatic carbocycles. The van der Waals surface area contributed by atoms with Crippen LogP contribution in [-0.4, -0.2) is 46.2 Å². The second-order valence-electron chi connectivity index (χ2n) is 5.34. The number of amides is 1. The standard InChI is InChI=1S/C15H15NO6/c17-13-7-10-12(22-13)6-11(14(18)19)16(10)15(20)21-8-9-4-2-1-3-5-9/h1-5,10-12H,6-8H2,(H,18,19)/t10-,11+,12-/m1/s1. The molecule has 1 N–H and O–H groups in total. The van der Waals surface area contributed by atoms with Gasteiger partial charge in [-0.3, -0.25) is 9.69 Å². The zero-order valence-electron chi connectivity index (χ0n) is 11.7. The van der Waals surface area contributed by atoms with E-state index >= 15 is 0 Å². The number of ether oxygens (including phenoxy) is 2. The maximum Gasteiger partial charge on any atom is 0.411 e. The van der Waals surface area contributed by atoms with Gasteiger partial charge in [0.2, 0.25) is 0 Å². The van der Waals surface area contributed by atoms with Crippen LogP contribution in [0.4, 0.5) is 4.79 Å². The third kappa shape index (κ3) is 2.61. The molecule has 1 aromatic rings. The van der Waals surface area contributed by atoms with Crippen molar-refractivity contribution in [2.75, 3.05) is 0 Å². The molecule has 2 saturated heterocycles. The second kappa shape index (κ2) is 5.67. The Morgan fingerprint density at radius 2 is 2.05 bits per heavy atom. The van der Waals surface area contributed by atoms with Crippen molar-refractivity contribution in [3.63, 3.8) is 0 Å². The molecule has 0 bridgehead atoms. The van der Waals surface area contributed by atoms with E-state index in [2.05, 4.69) is 0 Å². The first kappa shape index (κ1) is 14.4. The van der Waals surface area contributed by atoms with Crippen LogP contribution < -0.4 is 0 Å². The van der Waals surface area contributed by atoms with Gasteiger partial charge in [-0.1, -0.05) is 30.3 Å². The lowest BCUT2D eigenvalue weighted by Crippen LogP contribution is -2.45. The van der Waals surface area contributed by atoms with Crippen LogP contribution in [-0.2, 0) is 25.7 Å². The maximum absolute atomic E-state index is 12.3. The molecule has 0 aliphatic carbocycles. The van der Waals surface area contributed by atoms with E-state index in [0.717, 1.165) is 10.5 Å². The Labute approximate surface area is 126 Å². The van der Waals surface area contributed by atoms with Crippen molar-refractivity contribution in [1.29, 1.82) is 0 Å². The van der Waals surface area contributed by atoms with Crippen molar-refractivity contribution in [2.45, 2.75) is 37.6 Å². The fourth-order valence-electron chi connectivity index (χ4n) is 2.92. The Morgan fingerprint density at radius 1 is 1.32 bits per heavy atom. The predicted molar refractivity (Wildman–Crippen MR) is 72.8 cm³/mol. The van der Waals surface area contributed by atoms with E-state index in [-0.39, 0.29) is 19.4 Å². The van der Waals surface area contributed by atoms with Crippen LogP contribution >= 0.6 is 0 Å². The largest absolute Gasteiger partial charge is 0.480 e. The lowest BCUT2D eigenvalue weighted by molar-refractivity contribution is -0.145. The van der Waals surface area contributed by atoms with Crippen LogP contribution in [0.5, 0.6) is 0 Å². The smallest absolute Gasteiger partial charge is 0.411 e. The first-order valence-electron chi connectivity index (χ1n) is 6.97. The summed E-state index contributed by atoms with van der Waals surface area (Å²) >= 11 is 0. The van der Waals surface area contributed by atoms with Gasteiger partial charge in [0.1, 0.15) is 18.8 Å². The summed E-state index contributed by atoms with van der Waals surface area (Å²) in [5.74, 6) is -1.54. The topological polar surface area (TPSA) is 93.1 Å². The normalized spacial score (nSPS) is 26.5. The Hall–Kier alpha value is -2.57. The maximum atomic E-state index is 12.3. The first-order valence-corrected chi connectivity index (χ1v) is 6.97. The first-order chi connectivity index (χ1) is 10.6. The molecule has 2 fully saturated rings. The molecule has 3 rings (SSSR count). The van der Waals surface area contributed by atoms with Crippen molar-refractivity contribution in [2.24, 2.45) is 0 Å². The number of nitrogens with zero attached hydrogens (tertiary/aromatic N) is 1. The molecule has 0 saturated carbocycles. The Morgan fingerprint density at radius 3 is 2.73 bits per heavy atom. The summed E-state index contributed by atoms with van der Waals surface area (Å²) in [6.07, 6.45) is -1.18. The molecule has 2 aliphatic rings. The van der Waals surface area contributed by atoms with E-state index in [1.54, 1.807) is 12.1 Å². The highest BCUT2D eigenvalue weighted by atomic mass is 16.6. The molecule has 7 nitrogen and oxygen atoms in total. The van der Waals surface area contributed by atoms with E-state index in [9.17, 15) is 19.5 Å². The van der Waals surface area contributed by atoms with Crippen molar-refractivity contribution >= 4 is 18.0 Å². The number of hydrogen-bond donors (Lipinski definition) is 1. The molecule has 22 heavy (non-hydrogen) atoms. The molecule has 2 heterocycles. The van der Waals surface area contributed by atoms with Crippen LogP contribution in [0.1, 0.15) is 18.4 Å². The van der Waals surface area contributed by atoms with Gasteiger partial charge in [0, 0.05) is 6.42 Å². The molecule has 116 valence electrons. The number of esters is 1. The molecule has 0 aromatic heterocycles. The summed E-state index contributed by atoms with van der Waals surface area (Å²) in [4.78, 5) is 36.0. The summed E-state index contributed by atoms with van der Waals surface area (Å²) in [6.45, 7) is 0.0503. The van der Waals surface area contributed by atoms with Crippen molar-refractivity contribution in [3.8, 4) is 0 Å². The van der Waals surface area contributed by atoms with Crippen LogP contribution in [0.2, 0.25) is 0 Å². The highest BCUT2D eigenvalue weighted by Gasteiger charge is 2.53. The average Bonchev–Trinajstić information content (AvgIpc) is 3.01. The number of rotatable bonds is 3. The number of hydrogen-bond acceptors (Lipinski definition) is 5. The third-order valence-corrected chi connectivity index (χ3v) is 3.94. The van der Waals surface area contributed by atoms with Gasteiger partial charge in [-0.05, 0) is 5.56 Å². The van der Waals surface area contributed by atoms with Crippen LogP contribution in [0.25, 0.3) is 0 Å². The van der Waals surface area contributed by atoms with Gasteiger partial charge in [0.25, 0.3) is 0 Å². The molecule has 1 amide bonds. The van der Waals surface area contributed by atoms with Crippen LogP contribution in [0.15, 0.2) is 30.3 Å². The lowest BCUT2D eigenvalue weighted by atomic mass is 10.1. The second-order valence-corrected chi connectivity index (χ2v) is 5.34. The summed E-state index contributed by atoms with van der Waals surface area (Å²) < 4.78 is 10.2. The highest BCUT2D eigenvalue weighted by molar-refractivity contribution is 5.83. The molecular formula is C15H15NO6. The Kier molecular flexibility index (Phi) is 3.70. The van der Waals surface area contributed by atoms with Gasteiger partial charge in [-0.2, -0.15) is 0 Å². The van der Waals surface area contributed by atoms with E-state index in [1.165, 1.54) is 0 Å². The Balaban J connectivity index is 1.70. The Bertz CT molecular complexity index is 601. The number of aliphatic carboxylic acids is 1. The lowest BCUT2D eigenvalue weighted by Gasteiger charge is -2.25. The van der Waals surface area contributed by atoms with Crippen molar-refractivity contribution < 1.29 is 29.0 Å². The van der Waals surface area contributed by atoms with Gasteiger partial charge < -0.3 is 14.6 Å². The summed E-state index contributed by atoms with van der Waals surface area (Å²) in [5.41, 5.74) is 0.803. The van der Waals surface area contributed by atoms with E-state index in [1.807, 2.05) is 18.2 Å². The van der Waals surface area contributed by atoms with Gasteiger partial charge in [0.05, 0.1) is 12.5 Å². The van der Waals surface area contributed by atoms with E-state index in [4.69, 9.17) is 9.47 Å². The van der Waals surface area contributed by atoms with Crippen LogP contribution in [0, 0.1) is 0 Å². The number of carbonyl (C=O) groups is 3. The minimum atomic E-state index is -1.12. The molecular weight excluding hydrogens is 290 g/mol.